The normalized spacial score (nSPS) is 17.2. The standard InChI is InChI=1S/C31H35FO5/c1-6-23(5)35-20-19-24-11-14-26(15-12-24)36-31(34)18-10-22(4)9-13-25(7-2)28-17-16-27(21-29(28)32)37-30(33)8-3/h6-11,13-18,21-22,24,30,33H,1,3,5,12,19-20H2,2,4H3/b13-9-,18-10+,25-7+. The first-order chi connectivity index (χ1) is 17.7. The number of carbonyl (C=O) groups is 1. The van der Waals surface area contributed by atoms with E-state index in [1.807, 2.05) is 32.1 Å². The highest BCUT2D eigenvalue weighted by Crippen LogP contribution is 2.25. The molecule has 1 aliphatic rings. The monoisotopic (exact) mass is 506 g/mol. The summed E-state index contributed by atoms with van der Waals surface area (Å²) in [7, 11) is 0. The highest BCUT2D eigenvalue weighted by atomic mass is 19.1. The van der Waals surface area contributed by atoms with Gasteiger partial charge in [-0.25, -0.2) is 9.18 Å². The molecule has 196 valence electrons. The van der Waals surface area contributed by atoms with Gasteiger partial charge in [-0.3, -0.25) is 0 Å². The minimum Gasteiger partial charge on any atom is -0.494 e. The molecule has 0 heterocycles. The van der Waals surface area contributed by atoms with Gasteiger partial charge in [0.05, 0.1) is 6.61 Å². The Morgan fingerprint density at radius 1 is 1.27 bits per heavy atom. The molecule has 1 N–H and O–H groups in total. The average molecular weight is 507 g/mol. The first kappa shape index (κ1) is 29.3. The Balaban J connectivity index is 1.86. The number of esters is 1. The van der Waals surface area contributed by atoms with E-state index in [1.54, 1.807) is 42.5 Å². The van der Waals surface area contributed by atoms with Crippen molar-refractivity contribution >= 4 is 11.5 Å². The topological polar surface area (TPSA) is 65.0 Å². The third-order valence-electron chi connectivity index (χ3n) is 5.51. The lowest BCUT2D eigenvalue weighted by Gasteiger charge is -2.16. The highest BCUT2D eigenvalue weighted by molar-refractivity contribution is 5.83. The number of hydrogen-bond acceptors (Lipinski definition) is 5. The van der Waals surface area contributed by atoms with Gasteiger partial charge in [-0.2, -0.15) is 0 Å². The molecule has 6 heteroatoms. The second-order valence-electron chi connectivity index (χ2n) is 8.40. The van der Waals surface area contributed by atoms with Crippen LogP contribution in [0.5, 0.6) is 5.75 Å². The van der Waals surface area contributed by atoms with Crippen LogP contribution >= 0.6 is 0 Å². The molecular formula is C31H35FO5. The molecule has 0 saturated heterocycles. The number of hydrogen-bond donors (Lipinski definition) is 1. The van der Waals surface area contributed by atoms with Gasteiger partial charge in [-0.15, -0.1) is 0 Å². The van der Waals surface area contributed by atoms with Crippen LogP contribution in [0.15, 0.2) is 110 Å². The van der Waals surface area contributed by atoms with Crippen LogP contribution in [0.3, 0.4) is 0 Å². The van der Waals surface area contributed by atoms with Gasteiger partial charge in [0.15, 0.2) is 0 Å². The Hall–Kier alpha value is -3.90. The molecule has 37 heavy (non-hydrogen) atoms. The molecule has 3 atom stereocenters. The lowest BCUT2D eigenvalue weighted by Crippen LogP contribution is -2.11. The Morgan fingerprint density at radius 3 is 2.65 bits per heavy atom. The van der Waals surface area contributed by atoms with Crippen LogP contribution in [0, 0.1) is 17.7 Å². The maximum atomic E-state index is 14.6. The summed E-state index contributed by atoms with van der Waals surface area (Å²) in [4.78, 5) is 12.2. The molecule has 5 nitrogen and oxygen atoms in total. The van der Waals surface area contributed by atoms with E-state index < -0.39 is 18.1 Å². The molecule has 0 amide bonds. The van der Waals surface area contributed by atoms with Gasteiger partial charge in [0.2, 0.25) is 6.29 Å². The van der Waals surface area contributed by atoms with Gasteiger partial charge in [0.1, 0.15) is 23.1 Å². The zero-order valence-electron chi connectivity index (χ0n) is 21.4. The summed E-state index contributed by atoms with van der Waals surface area (Å²) in [5.41, 5.74) is 1.06. The molecule has 1 aromatic rings. The summed E-state index contributed by atoms with van der Waals surface area (Å²) < 4.78 is 30.6. The highest BCUT2D eigenvalue weighted by Gasteiger charge is 2.12. The Labute approximate surface area is 218 Å². The number of aliphatic hydroxyl groups excluding tert-OH is 1. The van der Waals surface area contributed by atoms with E-state index in [2.05, 4.69) is 19.7 Å². The third-order valence-corrected chi connectivity index (χ3v) is 5.51. The number of halogens is 1. The number of rotatable bonds is 14. The third kappa shape index (κ3) is 10.3. The van der Waals surface area contributed by atoms with Crippen LogP contribution < -0.4 is 4.74 Å². The molecule has 0 aliphatic heterocycles. The molecule has 1 aliphatic carbocycles. The Kier molecular flexibility index (Phi) is 12.1. The number of aliphatic hydroxyl groups is 1. The van der Waals surface area contributed by atoms with Crippen LogP contribution in [-0.2, 0) is 14.3 Å². The van der Waals surface area contributed by atoms with Gasteiger partial charge in [0, 0.05) is 17.7 Å². The van der Waals surface area contributed by atoms with Crippen LogP contribution in [-0.4, -0.2) is 24.0 Å². The minimum atomic E-state index is -1.21. The van der Waals surface area contributed by atoms with Crippen molar-refractivity contribution in [2.45, 2.75) is 33.0 Å². The fourth-order valence-corrected chi connectivity index (χ4v) is 3.37. The molecule has 1 aromatic carbocycles. The Morgan fingerprint density at radius 2 is 2.03 bits per heavy atom. The zero-order chi connectivity index (χ0) is 27.2. The van der Waals surface area contributed by atoms with E-state index in [-0.39, 0.29) is 11.7 Å². The summed E-state index contributed by atoms with van der Waals surface area (Å²) in [5, 5.41) is 9.47. The molecule has 0 bridgehead atoms. The van der Waals surface area contributed by atoms with Crippen molar-refractivity contribution in [2.75, 3.05) is 6.61 Å². The number of carbonyl (C=O) groups excluding carboxylic acids is 1. The van der Waals surface area contributed by atoms with E-state index >= 15 is 0 Å². The van der Waals surface area contributed by atoms with Gasteiger partial charge in [-0.05, 0) is 73.6 Å². The lowest BCUT2D eigenvalue weighted by molar-refractivity contribution is -0.133. The van der Waals surface area contributed by atoms with Crippen molar-refractivity contribution in [3.63, 3.8) is 0 Å². The smallest absolute Gasteiger partial charge is 0.335 e. The van der Waals surface area contributed by atoms with Gasteiger partial charge in [0.25, 0.3) is 0 Å². The fourth-order valence-electron chi connectivity index (χ4n) is 3.37. The van der Waals surface area contributed by atoms with Gasteiger partial charge in [-0.1, -0.05) is 57.0 Å². The molecule has 0 fully saturated rings. The molecule has 0 saturated carbocycles. The lowest BCUT2D eigenvalue weighted by atomic mass is 9.97. The molecule has 3 unspecified atom stereocenters. The maximum absolute atomic E-state index is 14.6. The van der Waals surface area contributed by atoms with Crippen LogP contribution in [0.25, 0.3) is 5.57 Å². The second-order valence-corrected chi connectivity index (χ2v) is 8.40. The van der Waals surface area contributed by atoms with E-state index in [0.29, 0.717) is 35.2 Å². The quantitative estimate of drug-likeness (QED) is 0.0737. The molecule has 2 rings (SSSR count). The van der Waals surface area contributed by atoms with Gasteiger partial charge >= 0.3 is 5.97 Å². The van der Waals surface area contributed by atoms with Crippen molar-refractivity contribution in [2.24, 2.45) is 11.8 Å². The number of allylic oxidation sites excluding steroid dienone is 9. The fraction of sp³-hybridized carbons (Fsp3) is 0.258. The maximum Gasteiger partial charge on any atom is 0.335 e. The first-order valence-corrected chi connectivity index (χ1v) is 12.1. The van der Waals surface area contributed by atoms with E-state index in [1.165, 1.54) is 18.2 Å². The molecule has 0 radical (unpaired) electrons. The minimum absolute atomic E-state index is 0.0959. The van der Waals surface area contributed by atoms with E-state index in [9.17, 15) is 14.3 Å². The summed E-state index contributed by atoms with van der Waals surface area (Å²) in [5.74, 6) is 0.546. The first-order valence-electron chi connectivity index (χ1n) is 12.1. The van der Waals surface area contributed by atoms with Crippen LogP contribution in [0.2, 0.25) is 0 Å². The summed E-state index contributed by atoms with van der Waals surface area (Å²) in [6.07, 6.45) is 17.4. The number of ether oxygens (including phenoxy) is 3. The Bertz CT molecular complexity index is 1120. The predicted molar refractivity (Wildman–Crippen MR) is 146 cm³/mol. The van der Waals surface area contributed by atoms with Gasteiger partial charge < -0.3 is 19.3 Å². The van der Waals surface area contributed by atoms with Crippen LogP contribution in [0.4, 0.5) is 4.39 Å². The number of benzene rings is 1. The summed E-state index contributed by atoms with van der Waals surface area (Å²) >= 11 is 0. The molecule has 0 spiro atoms. The second kappa shape index (κ2) is 15.3. The predicted octanol–water partition coefficient (Wildman–Crippen LogP) is 6.97. The molecule has 0 aromatic heterocycles. The van der Waals surface area contributed by atoms with Crippen molar-refractivity contribution in [1.29, 1.82) is 0 Å². The van der Waals surface area contributed by atoms with E-state index in [0.717, 1.165) is 12.8 Å². The zero-order valence-corrected chi connectivity index (χ0v) is 21.4. The van der Waals surface area contributed by atoms with E-state index in [4.69, 9.17) is 14.2 Å². The van der Waals surface area contributed by atoms with Crippen molar-refractivity contribution < 1.29 is 28.5 Å². The average Bonchev–Trinajstić information content (AvgIpc) is 2.89. The van der Waals surface area contributed by atoms with Crippen molar-refractivity contribution in [1.82, 2.24) is 0 Å². The summed E-state index contributed by atoms with van der Waals surface area (Å²) in [6.45, 7) is 15.0. The summed E-state index contributed by atoms with van der Waals surface area (Å²) in [6, 6.07) is 4.37. The van der Waals surface area contributed by atoms with Crippen molar-refractivity contribution in [3.8, 4) is 5.75 Å². The van der Waals surface area contributed by atoms with Crippen molar-refractivity contribution in [3.05, 3.63) is 122 Å². The van der Waals surface area contributed by atoms with Crippen LogP contribution in [0.1, 0.15) is 32.3 Å². The molecular weight excluding hydrogens is 471 g/mol. The largest absolute Gasteiger partial charge is 0.494 e. The SMILES string of the molecule is C=CC(=C)OCCC1C=CC(OC(=O)/C=C/C(C)/C=C\C(=C/C)c2ccc(OC(O)C=C)cc2F)=CC1.